The normalized spacial score (nSPS) is 19.5. The van der Waals surface area contributed by atoms with Gasteiger partial charge in [0.2, 0.25) is 11.8 Å². The van der Waals surface area contributed by atoms with Gasteiger partial charge in [0.25, 0.3) is 0 Å². The van der Waals surface area contributed by atoms with E-state index in [1.54, 1.807) is 22.9 Å². The number of aromatic nitrogens is 2. The molecule has 9 nitrogen and oxygen atoms in total. The van der Waals surface area contributed by atoms with E-state index in [9.17, 15) is 19.8 Å². The third kappa shape index (κ3) is 5.63. The molecule has 3 aromatic rings. The van der Waals surface area contributed by atoms with Crippen molar-refractivity contribution < 1.29 is 24.3 Å². The molecule has 4 unspecified atom stereocenters. The second-order valence-corrected chi connectivity index (χ2v) is 11.3. The van der Waals surface area contributed by atoms with Crippen LogP contribution < -0.4 is 5.32 Å². The molecule has 36 heavy (non-hydrogen) atoms. The second kappa shape index (κ2) is 11.4. The molecule has 0 bridgehead atoms. The summed E-state index contributed by atoms with van der Waals surface area (Å²) in [6.07, 6.45) is -0.695. The molecule has 4 atom stereocenters. The Balaban J connectivity index is 1.50. The van der Waals surface area contributed by atoms with Gasteiger partial charge in [0.15, 0.2) is 5.76 Å². The fraction of sp³-hybridized carbons (Fsp3) is 0.440. The highest BCUT2D eigenvalue weighted by atomic mass is 127. The van der Waals surface area contributed by atoms with E-state index in [1.165, 1.54) is 4.90 Å². The Morgan fingerprint density at radius 2 is 2.03 bits per heavy atom. The van der Waals surface area contributed by atoms with Gasteiger partial charge in [-0.1, -0.05) is 43.3 Å². The average Bonchev–Trinajstić information content (AvgIpc) is 3.57. The molecule has 1 aliphatic rings. The number of carbonyl (C=O) groups excluding carboxylic acids is 2. The van der Waals surface area contributed by atoms with Crippen molar-refractivity contribution in [1.82, 2.24) is 20.4 Å². The first-order valence-electron chi connectivity index (χ1n) is 11.7. The fourth-order valence-corrected chi connectivity index (χ4v) is 5.80. The van der Waals surface area contributed by atoms with E-state index in [-0.39, 0.29) is 31.4 Å². The van der Waals surface area contributed by atoms with Gasteiger partial charge in [0.05, 0.1) is 34.8 Å². The number of hydrogen-bond donors (Lipinski definition) is 3. The molecular weight excluding hydrogens is 595 g/mol. The Bertz CT molecular complexity index is 1210. The maximum absolute atomic E-state index is 13.6. The lowest BCUT2D eigenvalue weighted by Gasteiger charge is -2.29. The van der Waals surface area contributed by atoms with Crippen LogP contribution in [0.15, 0.2) is 40.4 Å². The summed E-state index contributed by atoms with van der Waals surface area (Å²) in [7, 11) is 0. The molecular formula is C25H29IN4O5S. The predicted octanol–water partition coefficient (Wildman–Crippen LogP) is 3.26. The zero-order valence-corrected chi connectivity index (χ0v) is 23.2. The van der Waals surface area contributed by atoms with Crippen LogP contribution in [0.25, 0.3) is 10.4 Å². The number of rotatable bonds is 8. The van der Waals surface area contributed by atoms with E-state index in [1.807, 2.05) is 67.6 Å². The number of halogens is 1. The van der Waals surface area contributed by atoms with Crippen LogP contribution >= 0.6 is 33.9 Å². The predicted molar refractivity (Wildman–Crippen MR) is 143 cm³/mol. The summed E-state index contributed by atoms with van der Waals surface area (Å²) in [5.41, 5.74) is 4.50. The summed E-state index contributed by atoms with van der Waals surface area (Å²) >= 11 is 3.57. The monoisotopic (exact) mass is 624 g/mol. The Labute approximate surface area is 227 Å². The van der Waals surface area contributed by atoms with Crippen molar-refractivity contribution in [2.45, 2.75) is 51.3 Å². The van der Waals surface area contributed by atoms with E-state index in [0.29, 0.717) is 9.46 Å². The van der Waals surface area contributed by atoms with Crippen molar-refractivity contribution in [1.29, 1.82) is 0 Å². The highest BCUT2D eigenvalue weighted by molar-refractivity contribution is 14.1. The SMILES string of the molecule is Cc1ncsc1-c1ccc(C(CO)NC(=O)C2CC(O)CN2C(=O)C(c2cc(I)no2)C(C)C)cc1. The summed E-state index contributed by atoms with van der Waals surface area (Å²) < 4.78 is 6.01. The Morgan fingerprint density at radius 1 is 1.31 bits per heavy atom. The molecule has 1 aliphatic heterocycles. The van der Waals surface area contributed by atoms with Crippen LogP contribution in [0.3, 0.4) is 0 Å². The van der Waals surface area contributed by atoms with Gasteiger partial charge < -0.3 is 25.0 Å². The highest BCUT2D eigenvalue weighted by Gasteiger charge is 2.43. The maximum atomic E-state index is 13.6. The molecule has 192 valence electrons. The van der Waals surface area contributed by atoms with Gasteiger partial charge in [-0.3, -0.25) is 9.59 Å². The standard InChI is InChI=1S/C25H29IN4O5S/c1-13(2)22(20-9-21(26)29-35-20)25(34)30-10-17(32)8-19(30)24(33)28-18(11-31)15-4-6-16(7-5-15)23-14(3)27-12-36-23/h4-7,9,12-13,17-19,22,31-32H,8,10-11H2,1-3H3,(H,28,33). The van der Waals surface area contributed by atoms with Gasteiger partial charge in [-0.25, -0.2) is 4.98 Å². The number of nitrogens with one attached hydrogen (secondary N) is 1. The van der Waals surface area contributed by atoms with Crippen LogP contribution in [0.1, 0.15) is 49.2 Å². The van der Waals surface area contributed by atoms with Gasteiger partial charge in [0, 0.05) is 19.0 Å². The smallest absolute Gasteiger partial charge is 0.243 e. The van der Waals surface area contributed by atoms with Crippen molar-refractivity contribution in [2.24, 2.45) is 5.92 Å². The first-order chi connectivity index (χ1) is 17.2. The summed E-state index contributed by atoms with van der Waals surface area (Å²) in [5, 5.41) is 27.1. The Morgan fingerprint density at radius 3 is 2.58 bits per heavy atom. The number of β-amino-alcohol motifs (C(OH)–C–C–N with tert-alkyl or cyclic N) is 1. The second-order valence-electron chi connectivity index (χ2n) is 9.30. The molecule has 1 saturated heterocycles. The number of likely N-dealkylation sites (tertiary alicyclic amines) is 1. The Hall–Kier alpha value is -2.35. The van der Waals surface area contributed by atoms with Crippen LogP contribution in [0, 0.1) is 16.5 Å². The zero-order chi connectivity index (χ0) is 26.0. The summed E-state index contributed by atoms with van der Waals surface area (Å²) in [4.78, 5) is 33.6. The molecule has 11 heteroatoms. The molecule has 3 N–H and O–H groups in total. The lowest BCUT2D eigenvalue weighted by Crippen LogP contribution is -2.49. The first kappa shape index (κ1) is 26.7. The first-order valence-corrected chi connectivity index (χ1v) is 13.7. The summed E-state index contributed by atoms with van der Waals surface area (Å²) in [6.45, 7) is 5.50. The summed E-state index contributed by atoms with van der Waals surface area (Å²) in [6, 6.07) is 7.80. The number of aryl methyl sites for hydroxylation is 1. The van der Waals surface area contributed by atoms with Crippen molar-refractivity contribution >= 4 is 45.7 Å². The number of hydrogen-bond acceptors (Lipinski definition) is 8. The van der Waals surface area contributed by atoms with Crippen molar-refractivity contribution in [3.05, 3.63) is 56.6 Å². The van der Waals surface area contributed by atoms with Crippen LogP contribution in [0.2, 0.25) is 0 Å². The van der Waals surface area contributed by atoms with Crippen LogP contribution in [0.4, 0.5) is 0 Å². The minimum Gasteiger partial charge on any atom is -0.394 e. The molecule has 4 rings (SSSR count). The van der Waals surface area contributed by atoms with Gasteiger partial charge in [-0.2, -0.15) is 0 Å². The fourth-order valence-electron chi connectivity index (χ4n) is 4.58. The molecule has 2 amide bonds. The van der Waals surface area contributed by atoms with E-state index >= 15 is 0 Å². The average molecular weight is 625 g/mol. The van der Waals surface area contributed by atoms with Gasteiger partial charge >= 0.3 is 0 Å². The molecule has 0 saturated carbocycles. The van der Waals surface area contributed by atoms with E-state index in [4.69, 9.17) is 4.52 Å². The van der Waals surface area contributed by atoms with Crippen LogP contribution in [-0.4, -0.2) is 62.4 Å². The largest absolute Gasteiger partial charge is 0.394 e. The number of thiazole rings is 1. The summed E-state index contributed by atoms with van der Waals surface area (Å²) in [5.74, 6) is -1.01. The quantitative estimate of drug-likeness (QED) is 0.329. The number of aliphatic hydroxyl groups excluding tert-OH is 2. The molecule has 3 heterocycles. The van der Waals surface area contributed by atoms with E-state index < -0.39 is 30.0 Å². The third-order valence-corrected chi connectivity index (χ3v) is 7.91. The zero-order valence-electron chi connectivity index (χ0n) is 20.2. The lowest BCUT2D eigenvalue weighted by molar-refractivity contribution is -0.141. The third-order valence-electron chi connectivity index (χ3n) is 6.42. The minimum atomic E-state index is -0.857. The number of benzene rings is 1. The Kier molecular flexibility index (Phi) is 8.43. The van der Waals surface area contributed by atoms with Gasteiger partial charge in [0.1, 0.15) is 15.7 Å². The number of carbonyl (C=O) groups is 2. The lowest BCUT2D eigenvalue weighted by atomic mass is 9.91. The molecule has 1 fully saturated rings. The van der Waals surface area contributed by atoms with Crippen molar-refractivity contribution in [2.75, 3.05) is 13.2 Å². The molecule has 1 aromatic carbocycles. The number of aliphatic hydroxyl groups is 2. The van der Waals surface area contributed by atoms with Crippen LogP contribution in [-0.2, 0) is 9.59 Å². The minimum absolute atomic E-state index is 0.0536. The van der Waals surface area contributed by atoms with E-state index in [2.05, 4.69) is 15.5 Å². The maximum Gasteiger partial charge on any atom is 0.243 e. The molecule has 0 radical (unpaired) electrons. The van der Waals surface area contributed by atoms with Gasteiger partial charge in [-0.05, 0) is 46.6 Å². The molecule has 0 spiro atoms. The molecule has 0 aliphatic carbocycles. The highest BCUT2D eigenvalue weighted by Crippen LogP contribution is 2.32. The van der Waals surface area contributed by atoms with Crippen LogP contribution in [0.5, 0.6) is 0 Å². The molecule has 2 aromatic heterocycles. The van der Waals surface area contributed by atoms with Gasteiger partial charge in [-0.15, -0.1) is 11.3 Å². The topological polar surface area (TPSA) is 129 Å². The number of nitrogens with zero attached hydrogens (tertiary/aromatic N) is 3. The van der Waals surface area contributed by atoms with Crippen molar-refractivity contribution in [3.8, 4) is 10.4 Å². The van der Waals surface area contributed by atoms with E-state index in [0.717, 1.165) is 21.7 Å². The van der Waals surface area contributed by atoms with Crippen molar-refractivity contribution in [3.63, 3.8) is 0 Å². The number of amides is 2.